The van der Waals surface area contributed by atoms with Gasteiger partial charge in [-0.25, -0.2) is 0 Å². The van der Waals surface area contributed by atoms with E-state index >= 15 is 0 Å². The van der Waals surface area contributed by atoms with E-state index in [0.717, 1.165) is 28.9 Å². The van der Waals surface area contributed by atoms with Gasteiger partial charge in [-0.2, -0.15) is 5.26 Å². The highest BCUT2D eigenvalue weighted by Gasteiger charge is 2.19. The topological polar surface area (TPSA) is 33.0 Å². The van der Waals surface area contributed by atoms with E-state index in [2.05, 4.69) is 55.5 Å². The van der Waals surface area contributed by atoms with Crippen LogP contribution >= 0.6 is 0 Å². The Bertz CT molecular complexity index is 923. The van der Waals surface area contributed by atoms with E-state index in [1.165, 1.54) is 21.9 Å². The molecule has 24 heavy (non-hydrogen) atoms. The lowest BCUT2D eigenvalue weighted by atomic mass is 9.89. The molecule has 2 nitrogen and oxygen atoms in total. The fourth-order valence-electron chi connectivity index (χ4n) is 3.25. The minimum Gasteiger partial charge on any atom is -0.489 e. The van der Waals surface area contributed by atoms with E-state index in [-0.39, 0.29) is 0 Å². The molecule has 2 heteroatoms. The normalized spacial score (nSPS) is 14.2. The summed E-state index contributed by atoms with van der Waals surface area (Å²) in [5.41, 5.74) is 5.48. The molecule has 0 fully saturated rings. The monoisotopic (exact) mass is 315 g/mol. The molecule has 2 aromatic carbocycles. The zero-order valence-electron chi connectivity index (χ0n) is 14.4. The summed E-state index contributed by atoms with van der Waals surface area (Å²) < 4.78 is 6.02. The maximum atomic E-state index is 9.05. The summed E-state index contributed by atoms with van der Waals surface area (Å²) in [6.45, 7) is 6.62. The predicted molar refractivity (Wildman–Crippen MR) is 100 cm³/mol. The molecule has 0 N–H and O–H groups in total. The Hall–Kier alpha value is -2.79. The number of benzene rings is 2. The van der Waals surface area contributed by atoms with Gasteiger partial charge in [0.05, 0.1) is 6.07 Å². The first kappa shape index (κ1) is 16.1. The van der Waals surface area contributed by atoms with Crippen molar-refractivity contribution in [3.05, 3.63) is 70.3 Å². The van der Waals surface area contributed by atoms with Crippen LogP contribution in [0.4, 0.5) is 0 Å². The second kappa shape index (κ2) is 6.76. The van der Waals surface area contributed by atoms with Crippen LogP contribution in [0.3, 0.4) is 0 Å². The fraction of sp³-hybridized carbons (Fsp3) is 0.227. The number of nitriles is 1. The van der Waals surface area contributed by atoms with E-state index in [0.29, 0.717) is 6.61 Å². The van der Waals surface area contributed by atoms with Gasteiger partial charge in [-0.3, -0.25) is 0 Å². The van der Waals surface area contributed by atoms with Crippen LogP contribution in [-0.4, -0.2) is 6.61 Å². The Balaban J connectivity index is 2.20. The minimum absolute atomic E-state index is 0.607. The second-order valence-corrected chi connectivity index (χ2v) is 6.08. The van der Waals surface area contributed by atoms with Gasteiger partial charge in [0, 0.05) is 23.1 Å². The highest BCUT2D eigenvalue weighted by molar-refractivity contribution is 5.97. The quantitative estimate of drug-likeness (QED) is 0.552. The molecular formula is C22H21NO. The van der Waals surface area contributed by atoms with Crippen molar-refractivity contribution in [2.75, 3.05) is 6.61 Å². The van der Waals surface area contributed by atoms with Gasteiger partial charge in [0.15, 0.2) is 0 Å². The Morgan fingerprint density at radius 2 is 2.04 bits per heavy atom. The third-order valence-corrected chi connectivity index (χ3v) is 4.53. The summed E-state index contributed by atoms with van der Waals surface area (Å²) in [6, 6.07) is 10.7. The summed E-state index contributed by atoms with van der Waals surface area (Å²) in [6.07, 6.45) is 9.02. The van der Waals surface area contributed by atoms with E-state index in [9.17, 15) is 0 Å². The van der Waals surface area contributed by atoms with Gasteiger partial charge in [0.25, 0.3) is 0 Å². The SMILES string of the molecule is C/C=C(\C=C(/C)C#N)Cc1c2c(c3ccccc3c1C)C=CCO2. The summed E-state index contributed by atoms with van der Waals surface area (Å²) >= 11 is 0. The van der Waals surface area contributed by atoms with Gasteiger partial charge in [-0.15, -0.1) is 0 Å². The van der Waals surface area contributed by atoms with Crippen LogP contribution in [-0.2, 0) is 6.42 Å². The number of rotatable bonds is 3. The average Bonchev–Trinajstić information content (AvgIpc) is 2.64. The molecule has 0 radical (unpaired) electrons. The zero-order chi connectivity index (χ0) is 17.1. The lowest BCUT2D eigenvalue weighted by Gasteiger charge is -2.22. The second-order valence-electron chi connectivity index (χ2n) is 6.08. The summed E-state index contributed by atoms with van der Waals surface area (Å²) in [5, 5.41) is 11.5. The first-order chi connectivity index (χ1) is 11.7. The Morgan fingerprint density at radius 3 is 2.75 bits per heavy atom. The predicted octanol–water partition coefficient (Wildman–Crippen LogP) is 5.51. The lowest BCUT2D eigenvalue weighted by Crippen LogP contribution is -2.07. The molecule has 0 saturated heterocycles. The zero-order valence-corrected chi connectivity index (χ0v) is 14.4. The van der Waals surface area contributed by atoms with Crippen molar-refractivity contribution in [3.8, 4) is 11.8 Å². The fourth-order valence-corrected chi connectivity index (χ4v) is 3.25. The third-order valence-electron chi connectivity index (χ3n) is 4.53. The Morgan fingerprint density at radius 1 is 1.29 bits per heavy atom. The van der Waals surface area contributed by atoms with E-state index < -0.39 is 0 Å². The maximum absolute atomic E-state index is 9.05. The molecule has 1 heterocycles. The van der Waals surface area contributed by atoms with Crippen molar-refractivity contribution in [2.24, 2.45) is 0 Å². The summed E-state index contributed by atoms with van der Waals surface area (Å²) in [5.74, 6) is 0.982. The largest absolute Gasteiger partial charge is 0.489 e. The van der Waals surface area contributed by atoms with Crippen molar-refractivity contribution in [3.63, 3.8) is 0 Å². The van der Waals surface area contributed by atoms with Crippen molar-refractivity contribution in [2.45, 2.75) is 27.2 Å². The number of ether oxygens (including phenoxy) is 1. The molecule has 2 aromatic rings. The maximum Gasteiger partial charge on any atom is 0.131 e. The lowest BCUT2D eigenvalue weighted by molar-refractivity contribution is 0.355. The van der Waals surface area contributed by atoms with Crippen LogP contribution in [0.5, 0.6) is 5.75 Å². The van der Waals surface area contributed by atoms with E-state index in [1.54, 1.807) is 0 Å². The first-order valence-electron chi connectivity index (χ1n) is 8.22. The highest BCUT2D eigenvalue weighted by Crippen LogP contribution is 2.39. The van der Waals surface area contributed by atoms with Gasteiger partial charge in [-0.1, -0.05) is 36.4 Å². The number of aryl methyl sites for hydroxylation is 1. The number of hydrogen-bond acceptors (Lipinski definition) is 2. The Kier molecular flexibility index (Phi) is 4.53. The van der Waals surface area contributed by atoms with Crippen LogP contribution in [0.25, 0.3) is 16.8 Å². The molecular weight excluding hydrogens is 294 g/mol. The van der Waals surface area contributed by atoms with Gasteiger partial charge in [0.1, 0.15) is 12.4 Å². The number of allylic oxidation sites excluding steroid dienone is 4. The number of nitrogens with zero attached hydrogens (tertiary/aromatic N) is 1. The van der Waals surface area contributed by atoms with E-state index in [1.807, 2.05) is 19.9 Å². The Labute approximate surface area is 143 Å². The van der Waals surface area contributed by atoms with Crippen molar-refractivity contribution in [1.29, 1.82) is 5.26 Å². The molecule has 1 aliphatic rings. The van der Waals surface area contributed by atoms with Crippen molar-refractivity contribution in [1.82, 2.24) is 0 Å². The average molecular weight is 315 g/mol. The van der Waals surface area contributed by atoms with Gasteiger partial charge >= 0.3 is 0 Å². The highest BCUT2D eigenvalue weighted by atomic mass is 16.5. The molecule has 0 aromatic heterocycles. The number of hydrogen-bond donors (Lipinski definition) is 0. The van der Waals surface area contributed by atoms with Gasteiger partial charge < -0.3 is 4.74 Å². The smallest absolute Gasteiger partial charge is 0.131 e. The van der Waals surface area contributed by atoms with Crippen LogP contribution in [0, 0.1) is 18.3 Å². The van der Waals surface area contributed by atoms with Crippen molar-refractivity contribution >= 4 is 16.8 Å². The molecule has 0 unspecified atom stereocenters. The van der Waals surface area contributed by atoms with Crippen LogP contribution < -0.4 is 4.74 Å². The minimum atomic E-state index is 0.607. The van der Waals surface area contributed by atoms with Crippen LogP contribution in [0.1, 0.15) is 30.5 Å². The molecule has 3 rings (SSSR count). The van der Waals surface area contributed by atoms with Crippen molar-refractivity contribution < 1.29 is 4.74 Å². The molecule has 120 valence electrons. The van der Waals surface area contributed by atoms with Gasteiger partial charge in [-0.05, 0) is 54.8 Å². The van der Waals surface area contributed by atoms with Crippen LogP contribution in [0.15, 0.2) is 53.6 Å². The molecule has 0 aliphatic carbocycles. The summed E-state index contributed by atoms with van der Waals surface area (Å²) in [7, 11) is 0. The number of fused-ring (bicyclic) bond motifs is 3. The standard InChI is InChI=1S/C22H21NO/c1-4-17(12-15(2)14-23)13-21-16(3)18-8-5-6-9-19(18)20-10-7-11-24-22(20)21/h4-10,12H,11,13H2,1-3H3/b15-12+,17-4+. The van der Waals surface area contributed by atoms with Gasteiger partial charge in [0.2, 0.25) is 0 Å². The molecule has 0 saturated carbocycles. The molecule has 0 amide bonds. The summed E-state index contributed by atoms with van der Waals surface area (Å²) in [4.78, 5) is 0. The van der Waals surface area contributed by atoms with E-state index in [4.69, 9.17) is 10.00 Å². The third kappa shape index (κ3) is 2.86. The molecule has 1 aliphatic heterocycles. The molecule has 0 spiro atoms. The molecule has 0 bridgehead atoms. The van der Waals surface area contributed by atoms with Crippen LogP contribution in [0.2, 0.25) is 0 Å². The first-order valence-corrected chi connectivity index (χ1v) is 8.22. The molecule has 0 atom stereocenters.